The van der Waals surface area contributed by atoms with Crippen molar-refractivity contribution in [1.29, 1.82) is 0 Å². The van der Waals surface area contributed by atoms with Crippen molar-refractivity contribution in [2.45, 2.75) is 97.2 Å². The highest BCUT2D eigenvalue weighted by molar-refractivity contribution is 5.82. The van der Waals surface area contributed by atoms with Crippen molar-refractivity contribution in [3.8, 4) is 0 Å². The van der Waals surface area contributed by atoms with Crippen LogP contribution in [0.4, 0.5) is 4.39 Å². The SMILES string of the molecule is C[C@@H](CCC(=O)N/N=C\c1ccc(F)cc1)[C@@H]1CC[C@@H]2[C@H]3[C@H](O)C[C@H]4C[C@@H](O)CC[C@]4(C)[C@@H]3CC[C@]21C. The molecular formula is C31H45FN2O3. The highest BCUT2D eigenvalue weighted by Gasteiger charge is 2.62. The predicted octanol–water partition coefficient (Wildman–Crippen LogP) is 5.68. The highest BCUT2D eigenvalue weighted by atomic mass is 19.1. The quantitative estimate of drug-likeness (QED) is 0.339. The predicted molar refractivity (Wildman–Crippen MR) is 143 cm³/mol. The third-order valence-corrected chi connectivity index (χ3v) is 11.5. The number of benzene rings is 1. The van der Waals surface area contributed by atoms with Gasteiger partial charge in [-0.25, -0.2) is 9.82 Å². The first-order chi connectivity index (χ1) is 17.6. The second kappa shape index (κ2) is 10.4. The number of amides is 1. The molecule has 1 aromatic carbocycles. The summed E-state index contributed by atoms with van der Waals surface area (Å²) >= 11 is 0. The Morgan fingerprint density at radius 2 is 1.78 bits per heavy atom. The fourth-order valence-electron chi connectivity index (χ4n) is 9.52. The molecule has 4 fully saturated rings. The summed E-state index contributed by atoms with van der Waals surface area (Å²) in [5.41, 5.74) is 3.83. The molecule has 1 aromatic rings. The van der Waals surface area contributed by atoms with Gasteiger partial charge in [-0.05, 0) is 122 Å². The van der Waals surface area contributed by atoms with Gasteiger partial charge in [0.25, 0.3) is 0 Å². The molecule has 0 unspecified atom stereocenters. The second-order valence-corrected chi connectivity index (χ2v) is 13.3. The third kappa shape index (κ3) is 5.01. The minimum absolute atomic E-state index is 0.0882. The zero-order valence-corrected chi connectivity index (χ0v) is 22.7. The number of halogens is 1. The lowest BCUT2D eigenvalue weighted by Gasteiger charge is -2.62. The van der Waals surface area contributed by atoms with Crippen molar-refractivity contribution >= 4 is 12.1 Å². The zero-order chi connectivity index (χ0) is 26.4. The lowest BCUT2D eigenvalue weighted by atomic mass is 9.43. The Balaban J connectivity index is 1.19. The largest absolute Gasteiger partial charge is 0.393 e. The van der Waals surface area contributed by atoms with Gasteiger partial charge < -0.3 is 10.2 Å². The molecule has 0 aromatic heterocycles. The van der Waals surface area contributed by atoms with Gasteiger partial charge in [0.1, 0.15) is 5.82 Å². The molecule has 0 saturated heterocycles. The molecule has 6 heteroatoms. The first kappa shape index (κ1) is 26.8. The molecule has 5 rings (SSSR count). The third-order valence-electron chi connectivity index (χ3n) is 11.5. The Morgan fingerprint density at radius 3 is 2.54 bits per heavy atom. The summed E-state index contributed by atoms with van der Waals surface area (Å²) in [5, 5.41) is 25.8. The highest BCUT2D eigenvalue weighted by Crippen LogP contribution is 2.68. The molecule has 204 valence electrons. The van der Waals surface area contributed by atoms with Crippen LogP contribution in [0, 0.1) is 52.2 Å². The van der Waals surface area contributed by atoms with Gasteiger partial charge in [-0.15, -0.1) is 0 Å². The molecule has 4 saturated carbocycles. The lowest BCUT2D eigenvalue weighted by molar-refractivity contribution is -0.174. The standard InChI is InChI=1S/C31H45FN2O3/c1-19(4-11-28(37)34-33-18-20-5-7-22(32)8-6-20)24-9-10-25-29-26(13-15-31(24,25)3)30(2)14-12-23(35)16-21(30)17-27(29)36/h5-8,18-19,21,23-27,29,35-36H,4,9-17H2,1-3H3,(H,34,37)/b33-18-/t19-,21+,23-,24-,25+,26+,27+,29+,30-,31-/m0/s1. The minimum Gasteiger partial charge on any atom is -0.393 e. The van der Waals surface area contributed by atoms with E-state index in [1.807, 2.05) is 0 Å². The maximum absolute atomic E-state index is 13.0. The van der Waals surface area contributed by atoms with Crippen molar-refractivity contribution in [3.63, 3.8) is 0 Å². The van der Waals surface area contributed by atoms with Gasteiger partial charge in [0, 0.05) is 6.42 Å². The Hall–Kier alpha value is -1.79. The van der Waals surface area contributed by atoms with Gasteiger partial charge in [0.15, 0.2) is 0 Å². The van der Waals surface area contributed by atoms with Crippen molar-refractivity contribution in [1.82, 2.24) is 5.43 Å². The van der Waals surface area contributed by atoms with Crippen molar-refractivity contribution < 1.29 is 19.4 Å². The number of carbonyl (C=O) groups is 1. The number of hydrogen-bond donors (Lipinski definition) is 3. The molecule has 5 nitrogen and oxygen atoms in total. The second-order valence-electron chi connectivity index (χ2n) is 13.3. The summed E-state index contributed by atoms with van der Waals surface area (Å²) in [4.78, 5) is 12.5. The first-order valence-electron chi connectivity index (χ1n) is 14.6. The average Bonchev–Trinajstić information content (AvgIpc) is 3.22. The number of aliphatic hydroxyl groups excluding tert-OH is 2. The van der Waals surface area contributed by atoms with E-state index in [4.69, 9.17) is 0 Å². The number of fused-ring (bicyclic) bond motifs is 5. The molecule has 37 heavy (non-hydrogen) atoms. The van der Waals surface area contributed by atoms with E-state index >= 15 is 0 Å². The molecule has 4 aliphatic carbocycles. The molecule has 10 atom stereocenters. The van der Waals surface area contributed by atoms with Gasteiger partial charge in [-0.3, -0.25) is 4.79 Å². The van der Waals surface area contributed by atoms with Crippen LogP contribution in [0.15, 0.2) is 29.4 Å². The summed E-state index contributed by atoms with van der Waals surface area (Å²) < 4.78 is 13.0. The van der Waals surface area contributed by atoms with Crippen molar-refractivity contribution in [2.24, 2.45) is 51.4 Å². The summed E-state index contributed by atoms with van der Waals surface area (Å²) in [6.07, 6.45) is 10.8. The van der Waals surface area contributed by atoms with Gasteiger partial charge in [-0.1, -0.05) is 32.9 Å². The van der Waals surface area contributed by atoms with Crippen LogP contribution < -0.4 is 5.43 Å². The molecule has 0 spiro atoms. The van der Waals surface area contributed by atoms with E-state index in [1.165, 1.54) is 44.0 Å². The molecule has 0 bridgehead atoms. The molecule has 0 radical (unpaired) electrons. The van der Waals surface area contributed by atoms with Crippen molar-refractivity contribution in [2.75, 3.05) is 0 Å². The van der Waals surface area contributed by atoms with Gasteiger partial charge >= 0.3 is 0 Å². The van der Waals surface area contributed by atoms with Crippen LogP contribution in [0.25, 0.3) is 0 Å². The fraction of sp³-hybridized carbons (Fsp3) is 0.742. The Morgan fingerprint density at radius 1 is 1.08 bits per heavy atom. The maximum Gasteiger partial charge on any atom is 0.240 e. The van der Waals surface area contributed by atoms with E-state index in [9.17, 15) is 19.4 Å². The molecule has 0 heterocycles. The van der Waals surface area contributed by atoms with Gasteiger partial charge in [0.05, 0.1) is 18.4 Å². The topological polar surface area (TPSA) is 81.9 Å². The number of nitrogens with one attached hydrogen (secondary N) is 1. The average molecular weight is 513 g/mol. The van der Waals surface area contributed by atoms with E-state index in [-0.39, 0.29) is 34.8 Å². The Kier molecular flexibility index (Phi) is 7.54. The molecule has 3 N–H and O–H groups in total. The number of carbonyl (C=O) groups excluding carboxylic acids is 1. The van der Waals surface area contributed by atoms with Crippen molar-refractivity contribution in [3.05, 3.63) is 35.6 Å². The first-order valence-corrected chi connectivity index (χ1v) is 14.6. The minimum atomic E-state index is -0.295. The molecule has 0 aliphatic heterocycles. The molecule has 4 aliphatic rings. The number of aliphatic hydroxyl groups is 2. The summed E-state index contributed by atoms with van der Waals surface area (Å²) in [6, 6.07) is 6.00. The maximum atomic E-state index is 13.0. The van der Waals surface area contributed by atoms with Crippen LogP contribution in [-0.4, -0.2) is 34.5 Å². The number of rotatable bonds is 6. The van der Waals surface area contributed by atoms with Crippen LogP contribution in [0.2, 0.25) is 0 Å². The van der Waals surface area contributed by atoms with E-state index in [2.05, 4.69) is 31.3 Å². The number of nitrogens with zero attached hydrogens (tertiary/aromatic N) is 1. The van der Waals surface area contributed by atoms with E-state index in [0.29, 0.717) is 41.9 Å². The fourth-order valence-corrected chi connectivity index (χ4v) is 9.52. The van der Waals surface area contributed by atoms with Crippen LogP contribution >= 0.6 is 0 Å². The smallest absolute Gasteiger partial charge is 0.240 e. The van der Waals surface area contributed by atoms with Crippen LogP contribution in [-0.2, 0) is 4.79 Å². The van der Waals surface area contributed by atoms with Crippen LogP contribution in [0.5, 0.6) is 0 Å². The lowest BCUT2D eigenvalue weighted by Crippen LogP contribution is -2.58. The molecular weight excluding hydrogens is 467 g/mol. The number of hydrazone groups is 1. The summed E-state index contributed by atoms with van der Waals surface area (Å²) in [6.45, 7) is 7.24. The van der Waals surface area contributed by atoms with Gasteiger partial charge in [-0.2, -0.15) is 5.10 Å². The van der Waals surface area contributed by atoms with E-state index < -0.39 is 0 Å². The van der Waals surface area contributed by atoms with Crippen LogP contribution in [0.1, 0.15) is 90.5 Å². The Labute approximate surface area is 221 Å². The van der Waals surface area contributed by atoms with Gasteiger partial charge in [0.2, 0.25) is 5.91 Å². The molecule has 1 amide bonds. The summed E-state index contributed by atoms with van der Waals surface area (Å²) in [7, 11) is 0. The monoisotopic (exact) mass is 512 g/mol. The van der Waals surface area contributed by atoms with E-state index in [1.54, 1.807) is 12.1 Å². The zero-order valence-electron chi connectivity index (χ0n) is 22.7. The number of hydrogen-bond acceptors (Lipinski definition) is 4. The Bertz CT molecular complexity index is 999. The van der Waals surface area contributed by atoms with Crippen LogP contribution in [0.3, 0.4) is 0 Å². The summed E-state index contributed by atoms with van der Waals surface area (Å²) in [5.74, 6) is 2.55. The normalized spacial score (nSPS) is 42.1. The van der Waals surface area contributed by atoms with E-state index in [0.717, 1.165) is 37.7 Å².